The van der Waals surface area contributed by atoms with Crippen LogP contribution in [0.5, 0.6) is 0 Å². The van der Waals surface area contributed by atoms with Crippen molar-refractivity contribution in [1.29, 1.82) is 0 Å². The van der Waals surface area contributed by atoms with Gasteiger partial charge in [-0.15, -0.1) is 0 Å². The van der Waals surface area contributed by atoms with Crippen molar-refractivity contribution in [2.45, 2.75) is 6.85 Å². The standard InChI is InChI=1S/C6H14N2/c1-2-8-5-3-7-4-6-8/h7H,2-6H2,1H3/i1D3,2D2. The quantitative estimate of drug-likeness (QED) is 0.519. The first-order chi connectivity index (χ1) is 5.86. The summed E-state index contributed by atoms with van der Waals surface area (Å²) >= 11 is 0. The Balaban J connectivity index is 2.67. The van der Waals surface area contributed by atoms with E-state index in [2.05, 4.69) is 5.32 Å². The normalized spacial score (nSPS) is 36.2. The van der Waals surface area contributed by atoms with E-state index in [0.29, 0.717) is 26.2 Å². The Hall–Kier alpha value is -0.0800. The molecule has 0 spiro atoms. The van der Waals surface area contributed by atoms with Crippen molar-refractivity contribution in [3.8, 4) is 0 Å². The molecule has 0 bridgehead atoms. The first kappa shape index (κ1) is 2.27. The number of likely N-dealkylation sites (N-methyl/N-ethyl adjacent to an activating group) is 1. The Morgan fingerprint density at radius 1 is 1.75 bits per heavy atom. The largest absolute Gasteiger partial charge is 0.314 e. The second-order valence-corrected chi connectivity index (χ2v) is 1.85. The van der Waals surface area contributed by atoms with Gasteiger partial charge in [-0.25, -0.2) is 0 Å². The Morgan fingerprint density at radius 2 is 2.50 bits per heavy atom. The first-order valence-corrected chi connectivity index (χ1v) is 2.81. The summed E-state index contributed by atoms with van der Waals surface area (Å²) in [5.74, 6) is 0. The molecule has 0 aromatic heterocycles. The van der Waals surface area contributed by atoms with Gasteiger partial charge in [0.15, 0.2) is 0 Å². The maximum Gasteiger partial charge on any atom is 0.0428 e. The van der Waals surface area contributed by atoms with Crippen molar-refractivity contribution in [1.82, 2.24) is 10.2 Å². The highest BCUT2D eigenvalue weighted by molar-refractivity contribution is 4.64. The Labute approximate surface area is 57.9 Å². The summed E-state index contributed by atoms with van der Waals surface area (Å²) < 4.78 is 36.2. The van der Waals surface area contributed by atoms with Crippen LogP contribution < -0.4 is 5.32 Å². The highest BCUT2D eigenvalue weighted by Crippen LogP contribution is 1.88. The monoisotopic (exact) mass is 119 g/mol. The average molecular weight is 119 g/mol. The van der Waals surface area contributed by atoms with Gasteiger partial charge in [-0.3, -0.25) is 0 Å². The molecule has 1 aliphatic heterocycles. The molecule has 0 aromatic carbocycles. The van der Waals surface area contributed by atoms with Gasteiger partial charge in [-0.2, -0.15) is 0 Å². The number of hydrogen-bond acceptors (Lipinski definition) is 2. The molecule has 1 rings (SSSR count). The Morgan fingerprint density at radius 3 is 3.12 bits per heavy atom. The van der Waals surface area contributed by atoms with Gasteiger partial charge in [0.25, 0.3) is 0 Å². The molecule has 0 amide bonds. The fraction of sp³-hybridized carbons (Fsp3) is 1.00. The molecule has 1 fully saturated rings. The SMILES string of the molecule is [2H]C([2H])([2H])C([2H])([2H])N1CCNCC1. The smallest absolute Gasteiger partial charge is 0.0428 e. The molecule has 0 aromatic rings. The van der Waals surface area contributed by atoms with Gasteiger partial charge < -0.3 is 10.2 Å². The van der Waals surface area contributed by atoms with E-state index in [9.17, 15) is 0 Å². The predicted octanol–water partition coefficient (Wildman–Crippen LogP) is -0.0885. The van der Waals surface area contributed by atoms with Crippen LogP contribution in [-0.4, -0.2) is 37.6 Å². The predicted molar refractivity (Wildman–Crippen MR) is 35.0 cm³/mol. The highest BCUT2D eigenvalue weighted by Gasteiger charge is 2.04. The number of nitrogens with one attached hydrogen (secondary N) is 1. The van der Waals surface area contributed by atoms with Crippen molar-refractivity contribution in [2.75, 3.05) is 32.7 Å². The summed E-state index contributed by atoms with van der Waals surface area (Å²) in [6.07, 6.45) is 0. The molecule has 2 heteroatoms. The molecular formula is C6H14N2. The molecule has 8 heavy (non-hydrogen) atoms. The molecule has 2 nitrogen and oxygen atoms in total. The number of piperazine rings is 1. The minimum Gasteiger partial charge on any atom is -0.314 e. The van der Waals surface area contributed by atoms with Crippen molar-refractivity contribution < 1.29 is 6.85 Å². The van der Waals surface area contributed by atoms with E-state index in [0.717, 1.165) is 0 Å². The first-order valence-electron chi connectivity index (χ1n) is 5.31. The number of nitrogens with zero attached hydrogens (tertiary/aromatic N) is 1. The topological polar surface area (TPSA) is 15.3 Å². The van der Waals surface area contributed by atoms with Crippen LogP contribution in [0.25, 0.3) is 0 Å². The summed E-state index contributed by atoms with van der Waals surface area (Å²) in [6, 6.07) is 0. The second kappa shape index (κ2) is 3.05. The van der Waals surface area contributed by atoms with Crippen molar-refractivity contribution in [3.05, 3.63) is 0 Å². The van der Waals surface area contributed by atoms with Gasteiger partial charge in [0.05, 0.1) is 0 Å². The fourth-order valence-corrected chi connectivity index (χ4v) is 0.777. The van der Waals surface area contributed by atoms with Crippen LogP contribution in [0.3, 0.4) is 0 Å². The molecule has 1 aliphatic rings. The minimum atomic E-state index is -2.57. The van der Waals surface area contributed by atoms with Crippen LogP contribution in [0, 0.1) is 0 Å². The molecule has 0 radical (unpaired) electrons. The lowest BCUT2D eigenvalue weighted by Crippen LogP contribution is -2.43. The molecular weight excluding hydrogens is 100 g/mol. The molecule has 1 heterocycles. The zero-order valence-corrected chi connectivity index (χ0v) is 4.78. The van der Waals surface area contributed by atoms with Crippen LogP contribution >= 0.6 is 0 Å². The van der Waals surface area contributed by atoms with E-state index in [4.69, 9.17) is 6.85 Å². The van der Waals surface area contributed by atoms with Gasteiger partial charge in [0.2, 0.25) is 0 Å². The molecule has 0 saturated carbocycles. The van der Waals surface area contributed by atoms with Crippen molar-refractivity contribution in [2.24, 2.45) is 0 Å². The van der Waals surface area contributed by atoms with Crippen LogP contribution in [0.4, 0.5) is 0 Å². The van der Waals surface area contributed by atoms with E-state index in [1.165, 1.54) is 4.90 Å². The van der Waals surface area contributed by atoms with Gasteiger partial charge >= 0.3 is 0 Å². The van der Waals surface area contributed by atoms with Crippen molar-refractivity contribution >= 4 is 0 Å². The fourth-order valence-electron chi connectivity index (χ4n) is 0.777. The molecule has 48 valence electrons. The third-order valence-corrected chi connectivity index (χ3v) is 1.28. The van der Waals surface area contributed by atoms with Crippen LogP contribution in [0.2, 0.25) is 0 Å². The van der Waals surface area contributed by atoms with Gasteiger partial charge in [0, 0.05) is 33.0 Å². The number of rotatable bonds is 1. The van der Waals surface area contributed by atoms with Crippen LogP contribution in [0.15, 0.2) is 0 Å². The maximum atomic E-state index is 7.47. The Kier molecular flexibility index (Phi) is 0.866. The van der Waals surface area contributed by atoms with E-state index >= 15 is 0 Å². The number of hydrogen-bond donors (Lipinski definition) is 1. The van der Waals surface area contributed by atoms with Crippen molar-refractivity contribution in [3.63, 3.8) is 0 Å². The second-order valence-electron chi connectivity index (χ2n) is 1.85. The summed E-state index contributed by atoms with van der Waals surface area (Å²) in [5, 5.41) is 3.05. The van der Waals surface area contributed by atoms with E-state index in [-0.39, 0.29) is 0 Å². The summed E-state index contributed by atoms with van der Waals surface area (Å²) in [6.45, 7) is -2.57. The summed E-state index contributed by atoms with van der Waals surface area (Å²) in [7, 11) is 0. The zero-order chi connectivity index (χ0) is 10.1. The third kappa shape index (κ3) is 1.46. The summed E-state index contributed by atoms with van der Waals surface area (Å²) in [5.41, 5.74) is 0. The molecule has 0 atom stereocenters. The van der Waals surface area contributed by atoms with E-state index in [1.54, 1.807) is 0 Å². The summed E-state index contributed by atoms with van der Waals surface area (Å²) in [4.78, 5) is 1.37. The lowest BCUT2D eigenvalue weighted by Gasteiger charge is -2.25. The zero-order valence-electron chi connectivity index (χ0n) is 9.78. The van der Waals surface area contributed by atoms with Gasteiger partial charge in [0.1, 0.15) is 0 Å². The lowest BCUT2D eigenvalue weighted by molar-refractivity contribution is 0.253. The van der Waals surface area contributed by atoms with Gasteiger partial charge in [-0.1, -0.05) is 6.85 Å². The minimum absolute atomic E-state index is 0.450. The lowest BCUT2D eigenvalue weighted by atomic mass is 10.4. The highest BCUT2D eigenvalue weighted by atomic mass is 15.2. The third-order valence-electron chi connectivity index (χ3n) is 1.28. The maximum absolute atomic E-state index is 7.47. The molecule has 0 aliphatic carbocycles. The molecule has 0 unspecified atom stereocenters. The van der Waals surface area contributed by atoms with Crippen LogP contribution in [0.1, 0.15) is 13.7 Å². The molecule has 1 saturated heterocycles. The Bertz CT molecular complexity index is 172. The van der Waals surface area contributed by atoms with E-state index < -0.39 is 13.3 Å². The average Bonchev–Trinajstić information content (AvgIpc) is 2.04. The van der Waals surface area contributed by atoms with E-state index in [1.807, 2.05) is 0 Å². The molecule has 1 N–H and O–H groups in total. The van der Waals surface area contributed by atoms with Crippen LogP contribution in [-0.2, 0) is 0 Å². The van der Waals surface area contributed by atoms with Gasteiger partial charge in [-0.05, 0) is 6.50 Å².